The number of nitrogens with zero attached hydrogens (tertiary/aromatic N) is 3. The van der Waals surface area contributed by atoms with Crippen molar-refractivity contribution in [3.8, 4) is 39.7 Å². The Bertz CT molecular complexity index is 3210. The first-order valence-electron chi connectivity index (χ1n) is 17.8. The molecule has 0 atom stereocenters. The molecule has 0 amide bonds. The van der Waals surface area contributed by atoms with E-state index in [1.165, 1.54) is 71.0 Å². The lowest BCUT2D eigenvalue weighted by Crippen LogP contribution is -2.03. The molecule has 0 saturated heterocycles. The van der Waals surface area contributed by atoms with E-state index in [1.807, 2.05) is 12.1 Å². The summed E-state index contributed by atoms with van der Waals surface area (Å²) in [5.74, 6) is 1.76. The van der Waals surface area contributed by atoms with Gasteiger partial charge in [0.2, 0.25) is 0 Å². The van der Waals surface area contributed by atoms with Gasteiger partial charge in [-0.15, -0.1) is 0 Å². The van der Waals surface area contributed by atoms with Gasteiger partial charge < -0.3 is 18.4 Å². The quantitative estimate of drug-likeness (QED) is 0.185. The number of ether oxygens (including phenoxy) is 1. The normalized spacial score (nSPS) is 12.4. The van der Waals surface area contributed by atoms with E-state index in [4.69, 9.17) is 4.74 Å². The Labute approximate surface area is 298 Å². The van der Waals surface area contributed by atoms with Gasteiger partial charge in [0.05, 0.1) is 38.8 Å². The molecule has 4 nitrogen and oxygen atoms in total. The Kier molecular flexibility index (Phi) is 5.47. The largest absolute Gasteiger partial charge is 0.453 e. The second kappa shape index (κ2) is 10.3. The van der Waals surface area contributed by atoms with Gasteiger partial charge in [0.25, 0.3) is 0 Å². The first kappa shape index (κ1) is 27.7. The van der Waals surface area contributed by atoms with E-state index in [2.05, 4.69) is 177 Å². The van der Waals surface area contributed by atoms with E-state index >= 15 is 0 Å². The van der Waals surface area contributed by atoms with Gasteiger partial charge in [-0.05, 0) is 90.0 Å². The van der Waals surface area contributed by atoms with Gasteiger partial charge in [0.1, 0.15) is 0 Å². The van der Waals surface area contributed by atoms with E-state index in [1.54, 1.807) is 0 Å². The molecule has 8 aromatic carbocycles. The van der Waals surface area contributed by atoms with E-state index in [0.717, 1.165) is 34.1 Å². The summed E-state index contributed by atoms with van der Waals surface area (Å²) in [6, 6.07) is 63.5. The van der Waals surface area contributed by atoms with Crippen LogP contribution in [-0.4, -0.2) is 13.7 Å². The number of fused-ring (bicyclic) bond motifs is 11. The van der Waals surface area contributed by atoms with Crippen molar-refractivity contribution in [1.29, 1.82) is 0 Å². The summed E-state index contributed by atoms with van der Waals surface area (Å²) in [6.07, 6.45) is 0. The molecule has 0 saturated carbocycles. The maximum Gasteiger partial charge on any atom is 0.152 e. The topological polar surface area (TPSA) is 24.0 Å². The second-order valence-corrected chi connectivity index (χ2v) is 13.7. The second-order valence-electron chi connectivity index (χ2n) is 13.7. The summed E-state index contributed by atoms with van der Waals surface area (Å²) >= 11 is 0. The molecule has 1 aliphatic rings. The molecule has 0 bridgehead atoms. The fourth-order valence-electron chi connectivity index (χ4n) is 8.86. The highest BCUT2D eigenvalue weighted by molar-refractivity contribution is 6.18. The van der Waals surface area contributed by atoms with Crippen LogP contribution in [-0.2, 0) is 0 Å². The van der Waals surface area contributed by atoms with Gasteiger partial charge in [-0.2, -0.15) is 0 Å². The Morgan fingerprint density at radius 3 is 1.56 bits per heavy atom. The maximum absolute atomic E-state index is 6.47. The number of hydrogen-bond acceptors (Lipinski definition) is 1. The van der Waals surface area contributed by atoms with Gasteiger partial charge in [-0.3, -0.25) is 0 Å². The van der Waals surface area contributed by atoms with Crippen LogP contribution in [0.2, 0.25) is 0 Å². The third-order valence-corrected chi connectivity index (χ3v) is 11.0. The van der Waals surface area contributed by atoms with Gasteiger partial charge in [0.15, 0.2) is 11.5 Å². The van der Waals surface area contributed by atoms with Crippen molar-refractivity contribution in [3.05, 3.63) is 176 Å². The summed E-state index contributed by atoms with van der Waals surface area (Å²) < 4.78 is 13.6. The van der Waals surface area contributed by atoms with Crippen LogP contribution in [0, 0.1) is 0 Å². The highest BCUT2D eigenvalue weighted by atomic mass is 16.5. The van der Waals surface area contributed by atoms with Crippen LogP contribution in [0.25, 0.3) is 93.6 Å². The number of rotatable bonds is 3. The van der Waals surface area contributed by atoms with Crippen LogP contribution in [0.5, 0.6) is 11.5 Å². The molecular weight excluding hydrogens is 635 g/mol. The summed E-state index contributed by atoms with van der Waals surface area (Å²) in [4.78, 5) is 0. The van der Waals surface area contributed by atoms with Crippen molar-refractivity contribution in [2.45, 2.75) is 0 Å². The molecule has 0 spiro atoms. The van der Waals surface area contributed by atoms with E-state index in [-0.39, 0.29) is 0 Å². The molecule has 52 heavy (non-hydrogen) atoms. The first-order chi connectivity index (χ1) is 25.8. The van der Waals surface area contributed by atoms with Crippen molar-refractivity contribution >= 4 is 65.4 Å². The third-order valence-electron chi connectivity index (χ3n) is 11.0. The number of aromatic nitrogens is 3. The summed E-state index contributed by atoms with van der Waals surface area (Å²) in [5.41, 5.74) is 12.8. The zero-order chi connectivity index (χ0) is 33.9. The summed E-state index contributed by atoms with van der Waals surface area (Å²) in [7, 11) is 0. The van der Waals surface area contributed by atoms with Crippen LogP contribution >= 0.6 is 0 Å². The van der Waals surface area contributed by atoms with Crippen LogP contribution in [0.15, 0.2) is 176 Å². The third kappa shape index (κ3) is 3.65. The lowest BCUT2D eigenvalue weighted by atomic mass is 9.98. The molecule has 0 unspecified atom stereocenters. The fraction of sp³-hybridized carbons (Fsp3) is 0. The minimum absolute atomic E-state index is 0.878. The van der Waals surface area contributed by atoms with E-state index in [0.29, 0.717) is 0 Å². The molecule has 4 heterocycles. The van der Waals surface area contributed by atoms with Crippen LogP contribution in [0.1, 0.15) is 0 Å². The maximum atomic E-state index is 6.47. The summed E-state index contributed by atoms with van der Waals surface area (Å²) in [5, 5.41) is 7.45. The molecular formula is C48H29N3O. The first-order valence-corrected chi connectivity index (χ1v) is 17.8. The molecule has 0 radical (unpaired) electrons. The average Bonchev–Trinajstić information content (AvgIpc) is 3.85. The SMILES string of the molecule is c1ccc2c(c1)Oc1ccc(-c3ccc(-n4c5ccccc5c5cc(-n6c7ccccc7c7ccccc76)ccc54)cc3)c3c4ccccc4n-2c13. The van der Waals surface area contributed by atoms with E-state index < -0.39 is 0 Å². The molecule has 1 aliphatic heterocycles. The van der Waals surface area contributed by atoms with E-state index in [9.17, 15) is 0 Å². The lowest BCUT2D eigenvalue weighted by molar-refractivity contribution is 0.476. The van der Waals surface area contributed by atoms with Crippen LogP contribution in [0.3, 0.4) is 0 Å². The van der Waals surface area contributed by atoms with Gasteiger partial charge in [-0.25, -0.2) is 0 Å². The molecule has 0 aliphatic carbocycles. The van der Waals surface area contributed by atoms with Crippen LogP contribution in [0.4, 0.5) is 0 Å². The highest BCUT2D eigenvalue weighted by Gasteiger charge is 2.25. The molecule has 12 rings (SSSR count). The number of hydrogen-bond donors (Lipinski definition) is 0. The lowest BCUT2D eigenvalue weighted by Gasteiger charge is -2.21. The predicted octanol–water partition coefficient (Wildman–Crippen LogP) is 12.8. The zero-order valence-corrected chi connectivity index (χ0v) is 28.0. The van der Waals surface area contributed by atoms with Crippen molar-refractivity contribution in [3.63, 3.8) is 0 Å². The Hall–Kier alpha value is -7.04. The Balaban J connectivity index is 1.03. The molecule has 3 aromatic heterocycles. The molecule has 0 N–H and O–H groups in total. The molecule has 242 valence electrons. The van der Waals surface area contributed by atoms with Crippen LogP contribution < -0.4 is 4.74 Å². The van der Waals surface area contributed by atoms with Gasteiger partial charge >= 0.3 is 0 Å². The average molecular weight is 664 g/mol. The molecule has 0 fully saturated rings. The van der Waals surface area contributed by atoms with Gasteiger partial charge in [0, 0.05) is 43.7 Å². The van der Waals surface area contributed by atoms with Crippen molar-refractivity contribution in [2.24, 2.45) is 0 Å². The highest BCUT2D eigenvalue weighted by Crippen LogP contribution is 2.48. The minimum Gasteiger partial charge on any atom is -0.453 e. The van der Waals surface area contributed by atoms with Crippen molar-refractivity contribution in [1.82, 2.24) is 13.7 Å². The number of benzene rings is 8. The van der Waals surface area contributed by atoms with Crippen molar-refractivity contribution < 1.29 is 4.74 Å². The monoisotopic (exact) mass is 663 g/mol. The minimum atomic E-state index is 0.878. The van der Waals surface area contributed by atoms with Gasteiger partial charge in [-0.1, -0.05) is 97.1 Å². The summed E-state index contributed by atoms with van der Waals surface area (Å²) in [6.45, 7) is 0. The van der Waals surface area contributed by atoms with Crippen molar-refractivity contribution in [2.75, 3.05) is 0 Å². The Morgan fingerprint density at radius 2 is 0.865 bits per heavy atom. The zero-order valence-electron chi connectivity index (χ0n) is 28.0. The number of para-hydroxylation sites is 6. The molecule has 11 aromatic rings. The fourth-order valence-corrected chi connectivity index (χ4v) is 8.86. The molecule has 4 heteroatoms. The predicted molar refractivity (Wildman–Crippen MR) is 215 cm³/mol. The smallest absolute Gasteiger partial charge is 0.152 e. The standard InChI is InChI=1S/C48H29N3O/c1-5-15-39-34(11-1)35-12-2-6-16-40(35)50(39)32-25-27-43-38(29-32)36-13-3-7-17-41(36)49(43)31-23-21-30(22-24-31)33-26-28-46-48-47(33)37-14-4-8-18-42(37)51(48)44-19-9-10-20-45(44)52-46/h1-29H. The Morgan fingerprint density at radius 1 is 0.346 bits per heavy atom.